The number of carbonyl (C=O) groups is 1. The molecule has 1 amide bonds. The van der Waals surface area contributed by atoms with Crippen molar-refractivity contribution in [2.45, 2.75) is 95.5 Å². The van der Waals surface area contributed by atoms with Crippen LogP contribution >= 0.6 is 12.6 Å². The molecule has 0 saturated carbocycles. The number of nitrogens with one attached hydrogen (secondary N) is 1. The van der Waals surface area contributed by atoms with Gasteiger partial charge in [0, 0.05) is 13.0 Å². The molecule has 2 fully saturated rings. The molecule has 0 bridgehead atoms. The van der Waals surface area contributed by atoms with Crippen molar-refractivity contribution in [3.8, 4) is 0 Å². The Morgan fingerprint density at radius 2 is 1.79 bits per heavy atom. The lowest BCUT2D eigenvalue weighted by Crippen LogP contribution is -2.39. The van der Waals surface area contributed by atoms with Gasteiger partial charge in [-0.1, -0.05) is 32.1 Å². The number of hydrogen-bond acceptors (Lipinski definition) is 9. The van der Waals surface area contributed by atoms with Gasteiger partial charge < -0.3 is 25.3 Å². The van der Waals surface area contributed by atoms with Gasteiger partial charge in [0.05, 0.1) is 6.33 Å². The topological polar surface area (TPSA) is 126 Å². The zero-order valence-electron chi connectivity index (χ0n) is 20.0. The zero-order chi connectivity index (χ0) is 24.1. The normalized spacial score (nSPS) is 25.6. The van der Waals surface area contributed by atoms with Crippen LogP contribution in [0.3, 0.4) is 0 Å². The first kappa shape index (κ1) is 25.2. The van der Waals surface area contributed by atoms with Crippen molar-refractivity contribution >= 4 is 35.5 Å². The fourth-order valence-electron chi connectivity index (χ4n) is 4.69. The maximum atomic E-state index is 12.4. The van der Waals surface area contributed by atoms with Crippen LogP contribution in [0.25, 0.3) is 11.2 Å². The number of ether oxygens (including phenoxy) is 3. The Morgan fingerprint density at radius 3 is 2.56 bits per heavy atom. The summed E-state index contributed by atoms with van der Waals surface area (Å²) < 4.78 is 20.4. The van der Waals surface area contributed by atoms with Crippen LogP contribution in [0.4, 0.5) is 5.82 Å². The van der Waals surface area contributed by atoms with Crippen LogP contribution < -0.4 is 11.1 Å². The van der Waals surface area contributed by atoms with Gasteiger partial charge in [-0.3, -0.25) is 9.36 Å². The average Bonchev–Trinajstić information content (AvgIpc) is 3.45. The molecule has 4 rings (SSSR count). The Labute approximate surface area is 205 Å². The lowest BCUT2D eigenvalue weighted by atomic mass is 10.1. The van der Waals surface area contributed by atoms with Crippen LogP contribution in [0.2, 0.25) is 0 Å². The summed E-state index contributed by atoms with van der Waals surface area (Å²) in [6, 6.07) is 0. The van der Waals surface area contributed by atoms with Crippen molar-refractivity contribution in [1.29, 1.82) is 0 Å². The van der Waals surface area contributed by atoms with E-state index in [1.807, 2.05) is 13.8 Å². The maximum Gasteiger partial charge on any atom is 0.220 e. The highest BCUT2D eigenvalue weighted by Crippen LogP contribution is 2.43. The first-order valence-corrected chi connectivity index (χ1v) is 12.8. The van der Waals surface area contributed by atoms with Gasteiger partial charge in [0.1, 0.15) is 30.2 Å². The molecule has 10 nitrogen and oxygen atoms in total. The van der Waals surface area contributed by atoms with Crippen LogP contribution in [-0.2, 0) is 19.0 Å². The van der Waals surface area contributed by atoms with E-state index in [0.717, 1.165) is 18.6 Å². The minimum Gasteiger partial charge on any atom is -0.382 e. The summed E-state index contributed by atoms with van der Waals surface area (Å²) in [6.45, 7) is 4.11. The number of thiol groups is 1. The molecule has 3 N–H and O–H groups in total. The van der Waals surface area contributed by atoms with Crippen LogP contribution in [0.1, 0.15) is 71.4 Å². The fraction of sp³-hybridized carbons (Fsp3) is 0.739. The predicted molar refractivity (Wildman–Crippen MR) is 131 cm³/mol. The predicted octanol–water partition coefficient (Wildman–Crippen LogP) is 2.99. The molecule has 0 aliphatic carbocycles. The lowest BCUT2D eigenvalue weighted by molar-refractivity contribution is -0.195. The van der Waals surface area contributed by atoms with Crippen LogP contribution in [-0.4, -0.2) is 61.8 Å². The van der Waals surface area contributed by atoms with E-state index in [2.05, 4.69) is 32.9 Å². The number of nitrogen functional groups attached to an aromatic ring is 1. The van der Waals surface area contributed by atoms with E-state index in [1.54, 1.807) is 10.9 Å². The molecular weight excluding hydrogens is 456 g/mol. The monoisotopic (exact) mass is 492 g/mol. The number of rotatable bonds is 12. The standard InChI is InChI=1S/C23H36N6O4S/c1-23(2)32-18-15(12-25-16(30)10-8-6-4-3-5-7-9-11-34)31-22(19(18)33-23)29-14-28-17-20(24)26-13-27-21(17)29/h13-15,18-19,22,34H,3-12H2,1-2H3,(H,25,30)(H2,24,26,27)/t15-,18-,19-,22-/m1/s1. The number of amides is 1. The molecule has 4 atom stereocenters. The van der Waals surface area contributed by atoms with E-state index >= 15 is 0 Å². The lowest BCUT2D eigenvalue weighted by Gasteiger charge is -2.25. The fourth-order valence-corrected chi connectivity index (χ4v) is 4.91. The van der Waals surface area contributed by atoms with Gasteiger partial charge in [-0.2, -0.15) is 12.6 Å². The Morgan fingerprint density at radius 1 is 1.09 bits per heavy atom. The van der Waals surface area contributed by atoms with Gasteiger partial charge in [-0.15, -0.1) is 0 Å². The number of nitrogens with zero attached hydrogens (tertiary/aromatic N) is 4. The van der Waals surface area contributed by atoms with Crippen LogP contribution in [0.5, 0.6) is 0 Å². The molecule has 34 heavy (non-hydrogen) atoms. The molecule has 2 aliphatic rings. The highest BCUT2D eigenvalue weighted by atomic mass is 32.1. The summed E-state index contributed by atoms with van der Waals surface area (Å²) in [5.74, 6) is 0.551. The van der Waals surface area contributed by atoms with Gasteiger partial charge in [0.25, 0.3) is 0 Å². The summed E-state index contributed by atoms with van der Waals surface area (Å²) in [6.07, 6.45) is 10.0. The van der Waals surface area contributed by atoms with Gasteiger partial charge >= 0.3 is 0 Å². The molecule has 0 unspecified atom stereocenters. The average molecular weight is 493 g/mol. The maximum absolute atomic E-state index is 12.4. The first-order chi connectivity index (χ1) is 16.4. The molecule has 188 valence electrons. The highest BCUT2D eigenvalue weighted by Gasteiger charge is 2.56. The molecule has 4 heterocycles. The highest BCUT2D eigenvalue weighted by molar-refractivity contribution is 7.80. The van der Waals surface area contributed by atoms with E-state index in [0.29, 0.717) is 29.9 Å². The van der Waals surface area contributed by atoms with E-state index in [9.17, 15) is 4.79 Å². The summed E-state index contributed by atoms with van der Waals surface area (Å²) in [5.41, 5.74) is 7.02. The van der Waals surface area contributed by atoms with E-state index in [4.69, 9.17) is 19.9 Å². The number of hydrogen-bond donors (Lipinski definition) is 3. The molecular formula is C23H36N6O4S. The quantitative estimate of drug-likeness (QED) is 0.305. The molecule has 0 spiro atoms. The third kappa shape index (κ3) is 5.81. The van der Waals surface area contributed by atoms with Crippen molar-refractivity contribution in [3.63, 3.8) is 0 Å². The van der Waals surface area contributed by atoms with Crippen molar-refractivity contribution in [1.82, 2.24) is 24.8 Å². The molecule has 2 aliphatic heterocycles. The molecule has 0 aromatic carbocycles. The second-order valence-corrected chi connectivity index (χ2v) is 9.91. The molecule has 2 aromatic heterocycles. The summed E-state index contributed by atoms with van der Waals surface area (Å²) in [7, 11) is 0. The van der Waals surface area contributed by atoms with Crippen molar-refractivity contribution in [2.75, 3.05) is 18.0 Å². The third-order valence-corrected chi connectivity index (χ3v) is 6.67. The Hall–Kier alpha value is -1.95. The molecule has 0 radical (unpaired) electrons. The number of fused-ring (bicyclic) bond motifs is 2. The Bertz CT molecular complexity index is 970. The largest absolute Gasteiger partial charge is 0.382 e. The van der Waals surface area contributed by atoms with E-state index in [1.165, 1.54) is 38.4 Å². The molecule has 2 aromatic rings. The number of imidazole rings is 1. The van der Waals surface area contributed by atoms with Gasteiger partial charge in [-0.25, -0.2) is 15.0 Å². The van der Waals surface area contributed by atoms with Crippen LogP contribution in [0.15, 0.2) is 12.7 Å². The van der Waals surface area contributed by atoms with Crippen molar-refractivity contribution < 1.29 is 19.0 Å². The summed E-state index contributed by atoms with van der Waals surface area (Å²) in [5, 5.41) is 3.02. The number of aromatic nitrogens is 4. The number of carbonyl (C=O) groups excluding carboxylic acids is 1. The molecule has 2 saturated heterocycles. The Kier molecular flexibility index (Phi) is 8.28. The third-order valence-electron chi connectivity index (χ3n) is 6.35. The number of anilines is 1. The SMILES string of the molecule is CC1(C)O[C@@H]2[C@H](O1)[C@@H](CNC(=O)CCCCCCCCCS)O[C@H]2n1cnc2c(N)ncnc21. The van der Waals surface area contributed by atoms with E-state index < -0.39 is 12.0 Å². The van der Waals surface area contributed by atoms with Gasteiger partial charge in [-0.05, 0) is 32.4 Å². The summed E-state index contributed by atoms with van der Waals surface area (Å²) in [4.78, 5) is 25.1. The van der Waals surface area contributed by atoms with Crippen molar-refractivity contribution in [3.05, 3.63) is 12.7 Å². The zero-order valence-corrected chi connectivity index (χ0v) is 20.9. The number of nitrogens with two attached hydrogens (primary N) is 1. The van der Waals surface area contributed by atoms with E-state index in [-0.39, 0.29) is 24.2 Å². The summed E-state index contributed by atoms with van der Waals surface area (Å²) >= 11 is 4.24. The Balaban J connectivity index is 1.30. The minimum atomic E-state index is -0.753. The second-order valence-electron chi connectivity index (χ2n) is 9.47. The minimum absolute atomic E-state index is 0.0328. The first-order valence-electron chi connectivity index (χ1n) is 12.2. The second kappa shape index (κ2) is 11.2. The van der Waals surface area contributed by atoms with Crippen LogP contribution in [0, 0.1) is 0 Å². The smallest absolute Gasteiger partial charge is 0.220 e. The molecule has 11 heteroatoms. The van der Waals surface area contributed by atoms with Gasteiger partial charge in [0.2, 0.25) is 5.91 Å². The number of unbranched alkanes of at least 4 members (excludes halogenated alkanes) is 6. The van der Waals surface area contributed by atoms with Gasteiger partial charge in [0.15, 0.2) is 23.5 Å². The van der Waals surface area contributed by atoms with Crippen molar-refractivity contribution in [2.24, 2.45) is 0 Å².